The molecule has 96 valence electrons. The van der Waals surface area contributed by atoms with Gasteiger partial charge in [0.2, 0.25) is 5.89 Å². The summed E-state index contributed by atoms with van der Waals surface area (Å²) in [4.78, 5) is 8.77. The van der Waals surface area contributed by atoms with Crippen LogP contribution in [-0.4, -0.2) is 63.9 Å². The lowest BCUT2D eigenvalue weighted by molar-refractivity contribution is 0.0737. The minimum Gasteiger partial charge on any atom is -0.392 e. The molecule has 17 heavy (non-hydrogen) atoms. The molecular weight excluding hydrogens is 220 g/mol. The molecule has 1 aliphatic rings. The Labute approximate surface area is 101 Å². The molecule has 1 atom stereocenters. The molecule has 0 saturated carbocycles. The van der Waals surface area contributed by atoms with Crippen LogP contribution >= 0.6 is 0 Å². The molecule has 0 unspecified atom stereocenters. The minimum atomic E-state index is -0.250. The summed E-state index contributed by atoms with van der Waals surface area (Å²) in [5.41, 5.74) is 0. The van der Waals surface area contributed by atoms with E-state index < -0.39 is 0 Å². The number of rotatable bonds is 4. The molecule has 6 nitrogen and oxygen atoms in total. The smallest absolute Gasteiger partial charge is 0.240 e. The van der Waals surface area contributed by atoms with Crippen molar-refractivity contribution in [2.75, 3.05) is 32.7 Å². The molecule has 1 aliphatic heterocycles. The lowest BCUT2D eigenvalue weighted by Gasteiger charge is -2.34. The predicted octanol–water partition coefficient (Wildman–Crippen LogP) is -0.124. The van der Waals surface area contributed by atoms with E-state index >= 15 is 0 Å². The summed E-state index contributed by atoms with van der Waals surface area (Å²) in [6.07, 6.45) is -0.250. The maximum atomic E-state index is 9.32. The second-order valence-electron chi connectivity index (χ2n) is 4.66. The summed E-state index contributed by atoms with van der Waals surface area (Å²) in [7, 11) is 0. The third-order valence-corrected chi connectivity index (χ3v) is 2.92. The van der Waals surface area contributed by atoms with E-state index in [1.165, 1.54) is 0 Å². The first-order chi connectivity index (χ1) is 8.13. The Balaban J connectivity index is 1.75. The van der Waals surface area contributed by atoms with Gasteiger partial charge in [-0.25, -0.2) is 0 Å². The van der Waals surface area contributed by atoms with Crippen LogP contribution in [0.5, 0.6) is 0 Å². The van der Waals surface area contributed by atoms with Crippen LogP contribution in [0.4, 0.5) is 0 Å². The summed E-state index contributed by atoms with van der Waals surface area (Å²) < 4.78 is 5.10. The van der Waals surface area contributed by atoms with Crippen molar-refractivity contribution < 1.29 is 9.63 Å². The first-order valence-electron chi connectivity index (χ1n) is 6.05. The molecular formula is C11H20N4O2. The highest BCUT2D eigenvalue weighted by atomic mass is 16.5. The Morgan fingerprint density at radius 2 is 1.94 bits per heavy atom. The molecule has 0 bridgehead atoms. The largest absolute Gasteiger partial charge is 0.392 e. The van der Waals surface area contributed by atoms with Gasteiger partial charge in [0.1, 0.15) is 0 Å². The number of nitrogens with zero attached hydrogens (tertiary/aromatic N) is 4. The van der Waals surface area contributed by atoms with Gasteiger partial charge in [0.05, 0.1) is 12.6 Å². The maximum absolute atomic E-state index is 9.32. The quantitative estimate of drug-likeness (QED) is 0.791. The van der Waals surface area contributed by atoms with Gasteiger partial charge in [-0.3, -0.25) is 9.80 Å². The number of aliphatic hydroxyl groups is 1. The number of aryl methyl sites for hydroxylation is 1. The molecule has 0 aromatic carbocycles. The van der Waals surface area contributed by atoms with Crippen LogP contribution < -0.4 is 0 Å². The Morgan fingerprint density at radius 3 is 2.47 bits per heavy atom. The minimum absolute atomic E-state index is 0.250. The standard InChI is InChI=1S/C11H20N4O2/c1-9(16)7-14-3-5-15(6-4-14)8-11-12-10(2)13-17-11/h9,16H,3-8H2,1-2H3/t9-/m0/s1. The number of aliphatic hydroxyl groups excluding tert-OH is 1. The summed E-state index contributed by atoms with van der Waals surface area (Å²) in [6.45, 7) is 9.07. The molecule has 1 aromatic heterocycles. The topological polar surface area (TPSA) is 65.6 Å². The molecule has 1 saturated heterocycles. The molecule has 0 spiro atoms. The van der Waals surface area contributed by atoms with E-state index in [0.29, 0.717) is 11.7 Å². The van der Waals surface area contributed by atoms with Crippen LogP contribution in [0, 0.1) is 6.92 Å². The van der Waals surface area contributed by atoms with E-state index in [1.807, 2.05) is 13.8 Å². The molecule has 0 amide bonds. The third-order valence-electron chi connectivity index (χ3n) is 2.92. The van der Waals surface area contributed by atoms with Crippen LogP contribution in [0.25, 0.3) is 0 Å². The molecule has 0 aliphatic carbocycles. The predicted molar refractivity (Wildman–Crippen MR) is 62.4 cm³/mol. The van der Waals surface area contributed by atoms with Gasteiger partial charge in [-0.05, 0) is 13.8 Å². The summed E-state index contributed by atoms with van der Waals surface area (Å²) in [5, 5.41) is 13.1. The monoisotopic (exact) mass is 240 g/mol. The molecule has 0 radical (unpaired) electrons. The normalized spacial score (nSPS) is 20.6. The van der Waals surface area contributed by atoms with E-state index in [9.17, 15) is 5.11 Å². The van der Waals surface area contributed by atoms with E-state index in [2.05, 4.69) is 19.9 Å². The number of β-amino-alcohol motifs (C(OH)–C–C–N with tert-alkyl or cyclic N) is 1. The summed E-state index contributed by atoms with van der Waals surface area (Å²) >= 11 is 0. The van der Waals surface area contributed by atoms with Crippen molar-refractivity contribution in [3.63, 3.8) is 0 Å². The van der Waals surface area contributed by atoms with Crippen LogP contribution in [0.15, 0.2) is 4.52 Å². The fourth-order valence-electron chi connectivity index (χ4n) is 2.10. The summed E-state index contributed by atoms with van der Waals surface area (Å²) in [6, 6.07) is 0. The Kier molecular flexibility index (Phi) is 4.09. The van der Waals surface area contributed by atoms with Gasteiger partial charge in [0.25, 0.3) is 0 Å². The first kappa shape index (κ1) is 12.5. The van der Waals surface area contributed by atoms with Gasteiger partial charge in [-0.1, -0.05) is 5.16 Å². The van der Waals surface area contributed by atoms with Crippen LogP contribution in [0.1, 0.15) is 18.6 Å². The molecule has 1 N–H and O–H groups in total. The van der Waals surface area contributed by atoms with Gasteiger partial charge in [0.15, 0.2) is 5.82 Å². The van der Waals surface area contributed by atoms with Crippen LogP contribution in [0.2, 0.25) is 0 Å². The van der Waals surface area contributed by atoms with E-state index in [4.69, 9.17) is 4.52 Å². The molecule has 2 rings (SSSR count). The maximum Gasteiger partial charge on any atom is 0.240 e. The zero-order valence-electron chi connectivity index (χ0n) is 10.5. The average molecular weight is 240 g/mol. The highest BCUT2D eigenvalue weighted by molar-refractivity contribution is 4.84. The Morgan fingerprint density at radius 1 is 1.29 bits per heavy atom. The number of hydrogen-bond acceptors (Lipinski definition) is 6. The van der Waals surface area contributed by atoms with Gasteiger partial charge in [-0.2, -0.15) is 4.98 Å². The number of piperazine rings is 1. The van der Waals surface area contributed by atoms with Crippen molar-refractivity contribution in [2.45, 2.75) is 26.5 Å². The van der Waals surface area contributed by atoms with Crippen molar-refractivity contribution in [3.8, 4) is 0 Å². The molecule has 1 fully saturated rings. The molecule has 1 aromatic rings. The van der Waals surface area contributed by atoms with Crippen molar-refractivity contribution in [3.05, 3.63) is 11.7 Å². The fourth-order valence-corrected chi connectivity index (χ4v) is 2.10. The summed E-state index contributed by atoms with van der Waals surface area (Å²) in [5.74, 6) is 1.37. The first-order valence-corrected chi connectivity index (χ1v) is 6.05. The van der Waals surface area contributed by atoms with Gasteiger partial charge in [0, 0.05) is 32.7 Å². The lowest BCUT2D eigenvalue weighted by Crippen LogP contribution is -2.47. The van der Waals surface area contributed by atoms with E-state index in [0.717, 1.165) is 39.3 Å². The fraction of sp³-hybridized carbons (Fsp3) is 0.818. The van der Waals surface area contributed by atoms with Gasteiger partial charge in [-0.15, -0.1) is 0 Å². The van der Waals surface area contributed by atoms with E-state index in [-0.39, 0.29) is 6.10 Å². The van der Waals surface area contributed by atoms with Crippen molar-refractivity contribution in [1.82, 2.24) is 19.9 Å². The van der Waals surface area contributed by atoms with Crippen molar-refractivity contribution in [2.24, 2.45) is 0 Å². The number of hydrogen-bond donors (Lipinski definition) is 1. The van der Waals surface area contributed by atoms with Crippen molar-refractivity contribution in [1.29, 1.82) is 0 Å². The van der Waals surface area contributed by atoms with Gasteiger partial charge < -0.3 is 9.63 Å². The van der Waals surface area contributed by atoms with Crippen molar-refractivity contribution >= 4 is 0 Å². The van der Waals surface area contributed by atoms with Crippen LogP contribution in [0.3, 0.4) is 0 Å². The highest BCUT2D eigenvalue weighted by Gasteiger charge is 2.19. The number of aromatic nitrogens is 2. The van der Waals surface area contributed by atoms with E-state index in [1.54, 1.807) is 0 Å². The zero-order chi connectivity index (χ0) is 12.3. The second-order valence-corrected chi connectivity index (χ2v) is 4.66. The van der Waals surface area contributed by atoms with Crippen LogP contribution in [-0.2, 0) is 6.54 Å². The SMILES string of the molecule is Cc1noc(CN2CCN(C[C@H](C)O)CC2)n1. The van der Waals surface area contributed by atoms with Gasteiger partial charge >= 0.3 is 0 Å². The second kappa shape index (κ2) is 5.57. The zero-order valence-corrected chi connectivity index (χ0v) is 10.5. The third kappa shape index (κ3) is 3.76. The Hall–Kier alpha value is -0.980. The molecule has 6 heteroatoms. The highest BCUT2D eigenvalue weighted by Crippen LogP contribution is 2.07. The average Bonchev–Trinajstić information content (AvgIpc) is 2.66. The Bertz CT molecular complexity index is 345. The lowest BCUT2D eigenvalue weighted by atomic mass is 10.3. The molecule has 2 heterocycles.